The molecule has 2 fully saturated rings. The predicted octanol–water partition coefficient (Wildman–Crippen LogP) is 3.21. The first kappa shape index (κ1) is 23.7. The highest BCUT2D eigenvalue weighted by molar-refractivity contribution is 5.98. The summed E-state index contributed by atoms with van der Waals surface area (Å²) < 4.78 is 25.6. The Hall–Kier alpha value is -3.98. The number of benzene rings is 2. The summed E-state index contributed by atoms with van der Waals surface area (Å²) in [5, 5.41) is 2.83. The molecular formula is C27H26FN3O5. The monoisotopic (exact) mass is 491 g/mol. The summed E-state index contributed by atoms with van der Waals surface area (Å²) in [6.07, 6.45) is 2.12. The van der Waals surface area contributed by atoms with Gasteiger partial charge in [0.15, 0.2) is 0 Å². The molecule has 36 heavy (non-hydrogen) atoms. The summed E-state index contributed by atoms with van der Waals surface area (Å²) in [6.45, 7) is 0.733. The lowest BCUT2D eigenvalue weighted by Gasteiger charge is -2.44. The van der Waals surface area contributed by atoms with Crippen molar-refractivity contribution >= 4 is 17.7 Å². The van der Waals surface area contributed by atoms with E-state index in [0.717, 1.165) is 0 Å². The molecule has 3 amide bonds. The molecule has 5 rings (SSSR count). The maximum atomic E-state index is 14.2. The van der Waals surface area contributed by atoms with E-state index in [0.29, 0.717) is 24.2 Å². The second-order valence-corrected chi connectivity index (χ2v) is 8.88. The van der Waals surface area contributed by atoms with Crippen LogP contribution < -0.4 is 5.32 Å². The Morgan fingerprint density at radius 2 is 1.67 bits per heavy atom. The van der Waals surface area contributed by atoms with Crippen LogP contribution in [0.5, 0.6) is 0 Å². The highest BCUT2D eigenvalue weighted by atomic mass is 19.1. The first-order valence-corrected chi connectivity index (χ1v) is 11.8. The predicted molar refractivity (Wildman–Crippen MR) is 127 cm³/mol. The van der Waals surface area contributed by atoms with Gasteiger partial charge in [0.05, 0.1) is 25.0 Å². The largest absolute Gasteiger partial charge is 0.467 e. The van der Waals surface area contributed by atoms with E-state index >= 15 is 0 Å². The number of nitrogens with one attached hydrogen (secondary N) is 1. The van der Waals surface area contributed by atoms with Gasteiger partial charge >= 0.3 is 0 Å². The lowest BCUT2D eigenvalue weighted by Crippen LogP contribution is -2.59. The summed E-state index contributed by atoms with van der Waals surface area (Å²) in [5.41, 5.74) is -0.602. The molecule has 1 aromatic heterocycles. The second kappa shape index (κ2) is 9.94. The maximum absolute atomic E-state index is 14.2. The van der Waals surface area contributed by atoms with Crippen molar-refractivity contribution in [1.29, 1.82) is 0 Å². The van der Waals surface area contributed by atoms with E-state index in [4.69, 9.17) is 9.15 Å². The molecule has 0 saturated carbocycles. The van der Waals surface area contributed by atoms with Crippen LogP contribution in [0.3, 0.4) is 0 Å². The minimum absolute atomic E-state index is 0.00758. The van der Waals surface area contributed by atoms with Crippen molar-refractivity contribution in [1.82, 2.24) is 15.1 Å². The van der Waals surface area contributed by atoms with Gasteiger partial charge < -0.3 is 19.4 Å². The lowest BCUT2D eigenvalue weighted by molar-refractivity contribution is -0.128. The van der Waals surface area contributed by atoms with Crippen LogP contribution in [0.4, 0.5) is 4.39 Å². The molecule has 8 nitrogen and oxygen atoms in total. The van der Waals surface area contributed by atoms with Gasteiger partial charge in [-0.3, -0.25) is 19.3 Å². The molecule has 0 unspecified atom stereocenters. The Bertz CT molecular complexity index is 1240. The molecule has 0 aliphatic carbocycles. The number of ether oxygens (including phenoxy) is 1. The maximum Gasteiger partial charge on any atom is 0.256 e. The molecule has 0 radical (unpaired) electrons. The minimum atomic E-state index is -1.05. The molecule has 2 aromatic carbocycles. The molecule has 186 valence electrons. The third kappa shape index (κ3) is 4.49. The summed E-state index contributed by atoms with van der Waals surface area (Å²) >= 11 is 0. The van der Waals surface area contributed by atoms with Crippen molar-refractivity contribution in [2.75, 3.05) is 19.7 Å². The molecule has 3 aromatic rings. The molecule has 1 N–H and O–H groups in total. The van der Waals surface area contributed by atoms with Crippen molar-refractivity contribution in [3.8, 4) is 0 Å². The minimum Gasteiger partial charge on any atom is -0.467 e. The molecule has 0 bridgehead atoms. The smallest absolute Gasteiger partial charge is 0.256 e. The van der Waals surface area contributed by atoms with Crippen LogP contribution in [0, 0.1) is 5.82 Å². The lowest BCUT2D eigenvalue weighted by atomic mass is 9.96. The second-order valence-electron chi connectivity index (χ2n) is 8.88. The Morgan fingerprint density at radius 3 is 2.36 bits per heavy atom. The molecule has 2 aliphatic rings. The number of carbonyl (C=O) groups excluding carboxylic acids is 3. The number of halogens is 1. The van der Waals surface area contributed by atoms with E-state index in [1.54, 1.807) is 47.4 Å². The number of rotatable bonds is 5. The van der Waals surface area contributed by atoms with Crippen LogP contribution in [0.1, 0.15) is 39.3 Å². The van der Waals surface area contributed by atoms with Gasteiger partial charge in [-0.05, 0) is 36.4 Å². The standard InChI is InChI=1S/C27H26FN3O5/c28-22-11-5-4-10-21(22)26(34)30-14-12-27(13-15-30)31(25(33)19-7-2-1-3-8-19)23(18-36-27)24(32)29-17-20-9-6-16-35-20/h1-11,16,23H,12-15,17-18H2,(H,29,32)/t23-/m1/s1. The highest BCUT2D eigenvalue weighted by Crippen LogP contribution is 2.39. The number of furan rings is 1. The molecule has 2 saturated heterocycles. The van der Waals surface area contributed by atoms with Crippen LogP contribution >= 0.6 is 0 Å². The zero-order chi connectivity index (χ0) is 25.1. The molecule has 3 heterocycles. The fraction of sp³-hybridized carbons (Fsp3) is 0.296. The third-order valence-electron chi connectivity index (χ3n) is 6.76. The summed E-state index contributed by atoms with van der Waals surface area (Å²) in [7, 11) is 0. The normalized spacial score (nSPS) is 18.9. The Kier molecular flexibility index (Phi) is 6.56. The van der Waals surface area contributed by atoms with E-state index < -0.39 is 23.5 Å². The van der Waals surface area contributed by atoms with Gasteiger partial charge in [0.2, 0.25) is 5.91 Å². The fourth-order valence-corrected chi connectivity index (χ4v) is 4.86. The number of nitrogens with zero attached hydrogens (tertiary/aromatic N) is 2. The van der Waals surface area contributed by atoms with E-state index in [-0.39, 0.29) is 43.6 Å². The number of amides is 3. The summed E-state index contributed by atoms with van der Waals surface area (Å²) in [5.74, 6) is -1.06. The number of hydrogen-bond donors (Lipinski definition) is 1. The summed E-state index contributed by atoms with van der Waals surface area (Å²) in [6, 6.07) is 17.2. The van der Waals surface area contributed by atoms with Crippen molar-refractivity contribution in [2.45, 2.75) is 31.2 Å². The average molecular weight is 492 g/mol. The van der Waals surface area contributed by atoms with Gasteiger partial charge in [0.25, 0.3) is 11.8 Å². The summed E-state index contributed by atoms with van der Waals surface area (Å²) in [4.78, 5) is 42.8. The molecular weight excluding hydrogens is 465 g/mol. The Morgan fingerprint density at radius 1 is 0.944 bits per heavy atom. The topological polar surface area (TPSA) is 92.1 Å². The van der Waals surface area contributed by atoms with E-state index in [1.165, 1.54) is 29.4 Å². The van der Waals surface area contributed by atoms with Crippen LogP contribution in [0.25, 0.3) is 0 Å². The number of piperidine rings is 1. The van der Waals surface area contributed by atoms with Gasteiger partial charge in [-0.2, -0.15) is 0 Å². The van der Waals surface area contributed by atoms with Gasteiger partial charge in [-0.1, -0.05) is 30.3 Å². The number of carbonyl (C=O) groups is 3. The zero-order valence-electron chi connectivity index (χ0n) is 19.6. The van der Waals surface area contributed by atoms with Gasteiger partial charge in [-0.25, -0.2) is 4.39 Å². The fourth-order valence-electron chi connectivity index (χ4n) is 4.86. The van der Waals surface area contributed by atoms with E-state index in [9.17, 15) is 18.8 Å². The Balaban J connectivity index is 1.36. The van der Waals surface area contributed by atoms with Gasteiger partial charge in [0, 0.05) is 31.5 Å². The first-order chi connectivity index (χ1) is 17.5. The van der Waals surface area contributed by atoms with Crippen molar-refractivity contribution in [2.24, 2.45) is 0 Å². The quantitative estimate of drug-likeness (QED) is 0.592. The van der Waals surface area contributed by atoms with Crippen molar-refractivity contribution < 1.29 is 27.9 Å². The molecule has 1 spiro atoms. The van der Waals surface area contributed by atoms with Crippen LogP contribution in [-0.2, 0) is 16.1 Å². The van der Waals surface area contributed by atoms with Crippen LogP contribution in [0.15, 0.2) is 77.4 Å². The Labute approximate surface area is 207 Å². The van der Waals surface area contributed by atoms with Crippen LogP contribution in [-0.4, -0.2) is 59.0 Å². The molecule has 9 heteroatoms. The van der Waals surface area contributed by atoms with E-state index in [2.05, 4.69) is 5.32 Å². The number of likely N-dealkylation sites (tertiary alicyclic amines) is 1. The van der Waals surface area contributed by atoms with Crippen LogP contribution in [0.2, 0.25) is 0 Å². The van der Waals surface area contributed by atoms with Crippen molar-refractivity contribution in [3.05, 3.63) is 95.7 Å². The van der Waals surface area contributed by atoms with Gasteiger partial charge in [0.1, 0.15) is 23.3 Å². The SMILES string of the molecule is O=C(NCc1ccco1)[C@H]1COC2(CCN(C(=O)c3ccccc3F)CC2)N1C(=O)c1ccccc1. The zero-order valence-corrected chi connectivity index (χ0v) is 19.6. The van der Waals surface area contributed by atoms with Gasteiger partial charge in [-0.15, -0.1) is 0 Å². The van der Waals surface area contributed by atoms with Crippen molar-refractivity contribution in [3.63, 3.8) is 0 Å². The first-order valence-electron chi connectivity index (χ1n) is 11.8. The molecule has 2 aliphatic heterocycles. The highest BCUT2D eigenvalue weighted by Gasteiger charge is 2.54. The number of hydrogen-bond acceptors (Lipinski definition) is 5. The molecule has 1 atom stereocenters. The third-order valence-corrected chi connectivity index (χ3v) is 6.76. The average Bonchev–Trinajstić information content (AvgIpc) is 3.56. The van der Waals surface area contributed by atoms with E-state index in [1.807, 2.05) is 6.07 Å².